The first kappa shape index (κ1) is 15.9. The summed E-state index contributed by atoms with van der Waals surface area (Å²) < 4.78 is 68.3. The molecule has 0 saturated heterocycles. The Bertz CT molecular complexity index is 648. The fourth-order valence-corrected chi connectivity index (χ4v) is 1.52. The number of rotatable bonds is 5. The van der Waals surface area contributed by atoms with E-state index in [-0.39, 0.29) is 24.8 Å². The normalized spacial score (nSPS) is 11.3. The number of anilines is 1. The summed E-state index contributed by atoms with van der Waals surface area (Å²) >= 11 is 0. The Morgan fingerprint density at radius 1 is 1.14 bits per heavy atom. The summed E-state index contributed by atoms with van der Waals surface area (Å²) in [6.45, 7) is -0.0275. The van der Waals surface area contributed by atoms with Gasteiger partial charge in [-0.2, -0.15) is 13.2 Å². The standard InChI is InChI=1S/C13H10F5N3O/c14-8-1-2-10(9(15)7-8)22-6-5-20-12-19-4-3-11(21-12)13(16,17)18/h1-4,7H,5-6H2,(H,19,20,21). The monoisotopic (exact) mass is 319 g/mol. The van der Waals surface area contributed by atoms with Gasteiger partial charge in [-0.05, 0) is 18.2 Å². The van der Waals surface area contributed by atoms with Gasteiger partial charge >= 0.3 is 6.18 Å². The molecule has 0 amide bonds. The van der Waals surface area contributed by atoms with Gasteiger partial charge in [0.05, 0.1) is 6.54 Å². The number of nitrogens with one attached hydrogen (secondary N) is 1. The van der Waals surface area contributed by atoms with Crippen LogP contribution < -0.4 is 10.1 Å². The fraction of sp³-hybridized carbons (Fsp3) is 0.231. The number of halogens is 5. The van der Waals surface area contributed by atoms with Crippen molar-refractivity contribution in [3.63, 3.8) is 0 Å². The van der Waals surface area contributed by atoms with E-state index in [1.165, 1.54) is 0 Å². The lowest BCUT2D eigenvalue weighted by Gasteiger charge is -2.10. The summed E-state index contributed by atoms with van der Waals surface area (Å²) in [5.74, 6) is -1.98. The van der Waals surface area contributed by atoms with Crippen molar-refractivity contribution in [3.05, 3.63) is 47.8 Å². The van der Waals surface area contributed by atoms with Crippen LogP contribution in [0.25, 0.3) is 0 Å². The van der Waals surface area contributed by atoms with Crippen LogP contribution in [0.4, 0.5) is 27.9 Å². The molecule has 0 atom stereocenters. The number of aromatic nitrogens is 2. The number of nitrogens with zero attached hydrogens (tertiary/aromatic N) is 2. The summed E-state index contributed by atoms with van der Waals surface area (Å²) in [4.78, 5) is 6.92. The van der Waals surface area contributed by atoms with Crippen molar-refractivity contribution >= 4 is 5.95 Å². The average molecular weight is 319 g/mol. The van der Waals surface area contributed by atoms with Crippen LogP contribution in [0.2, 0.25) is 0 Å². The van der Waals surface area contributed by atoms with Gasteiger partial charge in [-0.1, -0.05) is 0 Å². The van der Waals surface area contributed by atoms with Crippen molar-refractivity contribution in [2.45, 2.75) is 6.18 Å². The Labute approximate surface area is 122 Å². The minimum absolute atomic E-state index is 0.0398. The van der Waals surface area contributed by atoms with Crippen molar-refractivity contribution < 1.29 is 26.7 Å². The van der Waals surface area contributed by atoms with E-state index < -0.39 is 23.5 Å². The third-order valence-corrected chi connectivity index (χ3v) is 2.48. The Hall–Kier alpha value is -2.45. The van der Waals surface area contributed by atoms with E-state index in [1.54, 1.807) is 0 Å². The molecule has 9 heteroatoms. The van der Waals surface area contributed by atoms with Crippen LogP contribution in [-0.4, -0.2) is 23.1 Å². The molecule has 1 heterocycles. The number of hydrogen-bond acceptors (Lipinski definition) is 4. The van der Waals surface area contributed by atoms with Crippen LogP contribution in [0.15, 0.2) is 30.5 Å². The molecule has 0 radical (unpaired) electrons. The highest BCUT2D eigenvalue weighted by molar-refractivity contribution is 5.27. The number of ether oxygens (including phenoxy) is 1. The molecule has 1 N–H and O–H groups in total. The minimum Gasteiger partial charge on any atom is -0.489 e. The number of alkyl halides is 3. The summed E-state index contributed by atoms with van der Waals surface area (Å²) in [6, 6.07) is 3.56. The Morgan fingerprint density at radius 3 is 2.59 bits per heavy atom. The van der Waals surface area contributed by atoms with Crippen LogP contribution in [0.5, 0.6) is 5.75 Å². The smallest absolute Gasteiger partial charge is 0.433 e. The minimum atomic E-state index is -4.56. The molecule has 118 valence electrons. The third kappa shape index (κ3) is 4.27. The van der Waals surface area contributed by atoms with Gasteiger partial charge in [0.1, 0.15) is 18.1 Å². The lowest BCUT2D eigenvalue weighted by atomic mass is 10.3. The predicted molar refractivity (Wildman–Crippen MR) is 67.4 cm³/mol. The second-order valence-corrected chi connectivity index (χ2v) is 4.11. The van der Waals surface area contributed by atoms with Crippen molar-refractivity contribution in [1.29, 1.82) is 0 Å². The van der Waals surface area contributed by atoms with Gasteiger partial charge in [-0.15, -0.1) is 0 Å². The zero-order chi connectivity index (χ0) is 16.2. The molecule has 0 spiro atoms. The first-order valence-electron chi connectivity index (χ1n) is 6.08. The largest absolute Gasteiger partial charge is 0.489 e. The van der Waals surface area contributed by atoms with Crippen molar-refractivity contribution in [3.8, 4) is 5.75 Å². The van der Waals surface area contributed by atoms with Gasteiger partial charge < -0.3 is 10.1 Å². The molecule has 4 nitrogen and oxygen atoms in total. The number of benzene rings is 1. The second kappa shape index (κ2) is 6.54. The average Bonchev–Trinajstić information content (AvgIpc) is 2.45. The maximum atomic E-state index is 13.2. The van der Waals surface area contributed by atoms with Crippen LogP contribution in [-0.2, 0) is 6.18 Å². The van der Waals surface area contributed by atoms with Gasteiger partial charge in [-0.3, -0.25) is 0 Å². The Balaban J connectivity index is 1.86. The third-order valence-electron chi connectivity index (χ3n) is 2.48. The molecule has 0 bridgehead atoms. The van der Waals surface area contributed by atoms with Crippen LogP contribution >= 0.6 is 0 Å². The molecular formula is C13H10F5N3O. The highest BCUT2D eigenvalue weighted by Crippen LogP contribution is 2.27. The van der Waals surface area contributed by atoms with Crippen LogP contribution in [0, 0.1) is 11.6 Å². The maximum Gasteiger partial charge on any atom is 0.433 e. The van der Waals surface area contributed by atoms with E-state index in [0.29, 0.717) is 6.07 Å². The lowest BCUT2D eigenvalue weighted by molar-refractivity contribution is -0.141. The topological polar surface area (TPSA) is 47.0 Å². The van der Waals surface area contributed by atoms with Gasteiger partial charge in [0.2, 0.25) is 5.95 Å². The van der Waals surface area contributed by atoms with E-state index in [4.69, 9.17) is 4.74 Å². The molecular weight excluding hydrogens is 309 g/mol. The van der Waals surface area contributed by atoms with E-state index in [0.717, 1.165) is 24.4 Å². The van der Waals surface area contributed by atoms with E-state index in [9.17, 15) is 22.0 Å². The van der Waals surface area contributed by atoms with E-state index in [1.807, 2.05) is 0 Å². The van der Waals surface area contributed by atoms with E-state index >= 15 is 0 Å². The summed E-state index contributed by atoms with van der Waals surface area (Å²) in [5, 5.41) is 2.51. The molecule has 0 aliphatic carbocycles. The van der Waals surface area contributed by atoms with Gasteiger partial charge in [0.15, 0.2) is 11.6 Å². The highest BCUT2D eigenvalue weighted by Gasteiger charge is 2.32. The van der Waals surface area contributed by atoms with Crippen molar-refractivity contribution in [2.75, 3.05) is 18.5 Å². The zero-order valence-electron chi connectivity index (χ0n) is 11.0. The van der Waals surface area contributed by atoms with E-state index in [2.05, 4.69) is 15.3 Å². The quantitative estimate of drug-likeness (QED) is 0.679. The number of hydrogen-bond donors (Lipinski definition) is 1. The lowest BCUT2D eigenvalue weighted by Crippen LogP contribution is -2.16. The van der Waals surface area contributed by atoms with Gasteiger partial charge in [0, 0.05) is 12.3 Å². The summed E-state index contributed by atoms with van der Waals surface area (Å²) in [7, 11) is 0. The molecule has 0 aliphatic heterocycles. The van der Waals surface area contributed by atoms with Crippen molar-refractivity contribution in [2.24, 2.45) is 0 Å². The predicted octanol–water partition coefficient (Wildman–Crippen LogP) is 3.26. The van der Waals surface area contributed by atoms with Gasteiger partial charge in [0.25, 0.3) is 0 Å². The molecule has 0 aliphatic rings. The first-order chi connectivity index (χ1) is 10.4. The molecule has 1 aromatic carbocycles. The SMILES string of the molecule is Fc1ccc(OCCNc2nccc(C(F)(F)F)n2)c(F)c1. The Kier molecular flexibility index (Phi) is 4.74. The van der Waals surface area contributed by atoms with Crippen LogP contribution in [0.3, 0.4) is 0 Å². The maximum absolute atomic E-state index is 13.2. The molecule has 22 heavy (non-hydrogen) atoms. The molecule has 2 rings (SSSR count). The first-order valence-corrected chi connectivity index (χ1v) is 6.08. The van der Waals surface area contributed by atoms with Crippen LogP contribution in [0.1, 0.15) is 5.69 Å². The fourth-order valence-electron chi connectivity index (χ4n) is 1.52. The summed E-state index contributed by atoms with van der Waals surface area (Å²) in [6.07, 6.45) is -3.59. The zero-order valence-corrected chi connectivity index (χ0v) is 11.0. The Morgan fingerprint density at radius 2 is 1.91 bits per heavy atom. The molecule has 2 aromatic rings. The highest BCUT2D eigenvalue weighted by atomic mass is 19.4. The molecule has 0 unspecified atom stereocenters. The van der Waals surface area contributed by atoms with Gasteiger partial charge in [-0.25, -0.2) is 18.7 Å². The second-order valence-electron chi connectivity index (χ2n) is 4.11. The van der Waals surface area contributed by atoms with Crippen molar-refractivity contribution in [1.82, 2.24) is 9.97 Å². The molecule has 0 fully saturated rings. The molecule has 1 aromatic heterocycles. The molecule has 0 saturated carbocycles. The summed E-state index contributed by atoms with van der Waals surface area (Å²) in [5.41, 5.74) is -1.07.